The fraction of sp³-hybridized carbons (Fsp3) is 0.667. The highest BCUT2D eigenvalue weighted by Gasteiger charge is 2.27. The summed E-state index contributed by atoms with van der Waals surface area (Å²) in [5.41, 5.74) is 0. The second-order valence-corrected chi connectivity index (χ2v) is 6.60. The molecule has 0 atom stereocenters. The van der Waals surface area contributed by atoms with Crippen LogP contribution in [0.2, 0.25) is 0 Å². The van der Waals surface area contributed by atoms with Gasteiger partial charge in [-0.15, -0.1) is 0 Å². The standard InChI is InChI=1S/C18H26N2O2/c21-18(14-6-2-1-3-7-14)20-15-9-11-16(12-10-15)22-17-8-4-5-13-19-17/h4-5,8,13-16H,1-3,6-7,9-12H2,(H,20,21). The van der Waals surface area contributed by atoms with Gasteiger partial charge in [-0.05, 0) is 44.6 Å². The molecular formula is C18H26N2O2. The monoisotopic (exact) mass is 302 g/mol. The highest BCUT2D eigenvalue weighted by Crippen LogP contribution is 2.26. The number of nitrogens with one attached hydrogen (secondary N) is 1. The smallest absolute Gasteiger partial charge is 0.223 e. The Hall–Kier alpha value is -1.58. The lowest BCUT2D eigenvalue weighted by Crippen LogP contribution is -2.42. The SMILES string of the molecule is O=C(NC1CCC(Oc2ccccn2)CC1)C1CCCCC1. The van der Waals surface area contributed by atoms with E-state index in [2.05, 4.69) is 10.3 Å². The van der Waals surface area contributed by atoms with E-state index in [1.54, 1.807) is 6.20 Å². The molecule has 0 bridgehead atoms. The van der Waals surface area contributed by atoms with Crippen LogP contribution >= 0.6 is 0 Å². The summed E-state index contributed by atoms with van der Waals surface area (Å²) in [6.45, 7) is 0. The number of hydrogen-bond donors (Lipinski definition) is 1. The molecule has 0 unspecified atom stereocenters. The summed E-state index contributed by atoms with van der Waals surface area (Å²) in [5, 5.41) is 3.26. The Morgan fingerprint density at radius 2 is 1.82 bits per heavy atom. The van der Waals surface area contributed by atoms with Gasteiger partial charge in [0.15, 0.2) is 0 Å². The van der Waals surface area contributed by atoms with E-state index in [9.17, 15) is 4.79 Å². The van der Waals surface area contributed by atoms with E-state index in [-0.39, 0.29) is 17.9 Å². The summed E-state index contributed by atoms with van der Waals surface area (Å²) in [6.07, 6.45) is 11.9. The second kappa shape index (κ2) is 7.61. The number of carbonyl (C=O) groups excluding carboxylic acids is 1. The largest absolute Gasteiger partial charge is 0.474 e. The molecule has 0 aromatic carbocycles. The third-order valence-electron chi connectivity index (χ3n) is 4.92. The van der Waals surface area contributed by atoms with E-state index in [4.69, 9.17) is 4.74 Å². The predicted octanol–water partition coefficient (Wildman–Crippen LogP) is 3.47. The first kappa shape index (κ1) is 15.3. The molecule has 0 aliphatic heterocycles. The maximum Gasteiger partial charge on any atom is 0.223 e. The van der Waals surface area contributed by atoms with Crippen LogP contribution in [0.25, 0.3) is 0 Å². The average Bonchev–Trinajstić information content (AvgIpc) is 2.58. The van der Waals surface area contributed by atoms with Crippen LogP contribution in [0, 0.1) is 5.92 Å². The molecule has 2 saturated carbocycles. The van der Waals surface area contributed by atoms with Crippen molar-refractivity contribution in [3.63, 3.8) is 0 Å². The number of aromatic nitrogens is 1. The molecule has 3 rings (SSSR count). The van der Waals surface area contributed by atoms with Gasteiger partial charge >= 0.3 is 0 Å². The summed E-state index contributed by atoms with van der Waals surface area (Å²) < 4.78 is 5.90. The first-order valence-corrected chi connectivity index (χ1v) is 8.69. The van der Waals surface area contributed by atoms with Gasteiger partial charge in [0.05, 0.1) is 0 Å². The second-order valence-electron chi connectivity index (χ2n) is 6.60. The Labute approximate surface area is 132 Å². The fourth-order valence-electron chi connectivity index (χ4n) is 3.60. The first-order chi connectivity index (χ1) is 10.8. The molecule has 22 heavy (non-hydrogen) atoms. The molecular weight excluding hydrogens is 276 g/mol. The molecule has 0 radical (unpaired) electrons. The lowest BCUT2D eigenvalue weighted by molar-refractivity contribution is -0.127. The van der Waals surface area contributed by atoms with Gasteiger partial charge in [-0.25, -0.2) is 4.98 Å². The van der Waals surface area contributed by atoms with E-state index < -0.39 is 0 Å². The number of ether oxygens (including phenoxy) is 1. The Kier molecular flexibility index (Phi) is 5.30. The molecule has 1 aromatic heterocycles. The summed E-state index contributed by atoms with van der Waals surface area (Å²) in [6, 6.07) is 6.07. The van der Waals surface area contributed by atoms with Crippen LogP contribution in [-0.4, -0.2) is 23.0 Å². The van der Waals surface area contributed by atoms with Gasteiger partial charge in [-0.1, -0.05) is 25.3 Å². The molecule has 0 saturated heterocycles. The van der Waals surface area contributed by atoms with Crippen molar-refractivity contribution in [1.82, 2.24) is 10.3 Å². The van der Waals surface area contributed by atoms with Crippen LogP contribution < -0.4 is 10.1 Å². The normalized spacial score (nSPS) is 26.4. The summed E-state index contributed by atoms with van der Waals surface area (Å²) in [5.74, 6) is 1.25. The molecule has 4 heteroatoms. The molecule has 0 spiro atoms. The van der Waals surface area contributed by atoms with Crippen molar-refractivity contribution < 1.29 is 9.53 Å². The van der Waals surface area contributed by atoms with Crippen LogP contribution in [0.4, 0.5) is 0 Å². The number of pyridine rings is 1. The molecule has 2 fully saturated rings. The van der Waals surface area contributed by atoms with E-state index in [1.807, 2.05) is 18.2 Å². The number of nitrogens with zero attached hydrogens (tertiary/aromatic N) is 1. The average molecular weight is 302 g/mol. The van der Waals surface area contributed by atoms with Crippen molar-refractivity contribution in [3.05, 3.63) is 24.4 Å². The highest BCUT2D eigenvalue weighted by molar-refractivity contribution is 5.79. The molecule has 1 aromatic rings. The minimum Gasteiger partial charge on any atom is -0.474 e. The van der Waals surface area contributed by atoms with Crippen LogP contribution in [0.1, 0.15) is 57.8 Å². The molecule has 2 aliphatic rings. The Balaban J connectivity index is 1.40. The zero-order valence-corrected chi connectivity index (χ0v) is 13.2. The maximum atomic E-state index is 12.3. The number of hydrogen-bond acceptors (Lipinski definition) is 3. The minimum absolute atomic E-state index is 0.234. The third-order valence-corrected chi connectivity index (χ3v) is 4.92. The Morgan fingerprint density at radius 3 is 2.50 bits per heavy atom. The van der Waals surface area contributed by atoms with Crippen molar-refractivity contribution in [2.45, 2.75) is 69.9 Å². The van der Waals surface area contributed by atoms with Crippen molar-refractivity contribution in [2.75, 3.05) is 0 Å². The van der Waals surface area contributed by atoms with E-state index >= 15 is 0 Å². The Bertz CT molecular complexity index is 463. The minimum atomic E-state index is 0.234. The summed E-state index contributed by atoms with van der Waals surface area (Å²) in [4.78, 5) is 16.5. The van der Waals surface area contributed by atoms with E-state index in [0.29, 0.717) is 11.9 Å². The van der Waals surface area contributed by atoms with Gasteiger partial charge in [0.2, 0.25) is 11.8 Å². The predicted molar refractivity (Wildman–Crippen MR) is 85.6 cm³/mol. The van der Waals surface area contributed by atoms with E-state index in [0.717, 1.165) is 38.5 Å². The van der Waals surface area contributed by atoms with Gasteiger partial charge in [0.1, 0.15) is 6.10 Å². The van der Waals surface area contributed by atoms with Gasteiger partial charge in [0, 0.05) is 24.2 Å². The van der Waals surface area contributed by atoms with Crippen LogP contribution in [-0.2, 0) is 4.79 Å². The van der Waals surface area contributed by atoms with Gasteiger partial charge in [-0.3, -0.25) is 4.79 Å². The maximum absolute atomic E-state index is 12.3. The van der Waals surface area contributed by atoms with Gasteiger partial charge < -0.3 is 10.1 Å². The molecule has 2 aliphatic carbocycles. The van der Waals surface area contributed by atoms with Crippen LogP contribution in [0.5, 0.6) is 5.88 Å². The Morgan fingerprint density at radius 1 is 1.05 bits per heavy atom. The van der Waals surface area contributed by atoms with Crippen molar-refractivity contribution in [1.29, 1.82) is 0 Å². The zero-order valence-electron chi connectivity index (χ0n) is 13.2. The topological polar surface area (TPSA) is 51.2 Å². The lowest BCUT2D eigenvalue weighted by atomic mass is 9.87. The molecule has 1 amide bonds. The molecule has 1 N–H and O–H groups in total. The summed E-state index contributed by atoms with van der Waals surface area (Å²) >= 11 is 0. The fourth-order valence-corrected chi connectivity index (χ4v) is 3.60. The molecule has 1 heterocycles. The summed E-state index contributed by atoms with van der Waals surface area (Å²) in [7, 11) is 0. The number of amides is 1. The van der Waals surface area contributed by atoms with Gasteiger partial charge in [0.25, 0.3) is 0 Å². The van der Waals surface area contributed by atoms with E-state index in [1.165, 1.54) is 19.3 Å². The van der Waals surface area contributed by atoms with Crippen LogP contribution in [0.3, 0.4) is 0 Å². The third kappa shape index (κ3) is 4.21. The highest BCUT2D eigenvalue weighted by atomic mass is 16.5. The number of carbonyl (C=O) groups is 1. The van der Waals surface area contributed by atoms with Crippen molar-refractivity contribution in [2.24, 2.45) is 5.92 Å². The van der Waals surface area contributed by atoms with Crippen molar-refractivity contribution in [3.8, 4) is 5.88 Å². The lowest BCUT2D eigenvalue weighted by Gasteiger charge is -2.31. The van der Waals surface area contributed by atoms with Gasteiger partial charge in [-0.2, -0.15) is 0 Å². The van der Waals surface area contributed by atoms with Crippen LogP contribution in [0.15, 0.2) is 24.4 Å². The molecule has 120 valence electrons. The van der Waals surface area contributed by atoms with Crippen molar-refractivity contribution >= 4 is 5.91 Å². The number of rotatable bonds is 4. The first-order valence-electron chi connectivity index (χ1n) is 8.69. The zero-order chi connectivity index (χ0) is 15.2. The molecule has 4 nitrogen and oxygen atoms in total. The quantitative estimate of drug-likeness (QED) is 0.926.